The maximum Gasteiger partial charge on any atom is 0.176 e. The molecule has 10 heavy (non-hydrogen) atoms. The zero-order chi connectivity index (χ0) is 7.40. The van der Waals surface area contributed by atoms with Gasteiger partial charge in [0.05, 0.1) is 0 Å². The van der Waals surface area contributed by atoms with E-state index < -0.39 is 0 Å². The smallest absolute Gasteiger partial charge is 0.176 e. The molecule has 1 rings (SSSR count). The highest BCUT2D eigenvalue weighted by molar-refractivity contribution is 4.77. The van der Waals surface area contributed by atoms with Gasteiger partial charge in [0, 0.05) is 0 Å². The van der Waals surface area contributed by atoms with Crippen LogP contribution in [0.3, 0.4) is 0 Å². The highest BCUT2D eigenvalue weighted by Crippen LogP contribution is 2.08. The third-order valence-corrected chi connectivity index (χ3v) is 1.60. The third-order valence-electron chi connectivity index (χ3n) is 1.60. The van der Waals surface area contributed by atoms with Crippen molar-refractivity contribution >= 4 is 0 Å². The molecule has 0 aromatic rings. The first kappa shape index (κ1) is 7.41. The quantitative estimate of drug-likeness (QED) is 0.541. The van der Waals surface area contributed by atoms with Crippen LogP contribution in [0.4, 0.5) is 0 Å². The van der Waals surface area contributed by atoms with Gasteiger partial charge in [-0.05, 0) is 32.5 Å². The normalized spacial score (nSPS) is 20.4. The van der Waals surface area contributed by atoms with E-state index in [1.807, 2.05) is 0 Å². The van der Waals surface area contributed by atoms with Gasteiger partial charge >= 0.3 is 0 Å². The minimum Gasteiger partial charge on any atom is -0.477 e. The molecule has 0 spiro atoms. The predicted molar refractivity (Wildman–Crippen MR) is 40.3 cm³/mol. The van der Waals surface area contributed by atoms with Gasteiger partial charge in [0.2, 0.25) is 0 Å². The van der Waals surface area contributed by atoms with Gasteiger partial charge < -0.3 is 15.8 Å². The number of nitrogens with two attached hydrogens (primary N) is 1. The van der Waals surface area contributed by atoms with Crippen molar-refractivity contribution in [3.8, 4) is 0 Å². The van der Waals surface area contributed by atoms with Crippen LogP contribution >= 0.6 is 0 Å². The Morgan fingerprint density at radius 1 is 1.50 bits per heavy atom. The highest BCUT2D eigenvalue weighted by atomic mass is 16.5. The van der Waals surface area contributed by atoms with E-state index in [9.17, 15) is 0 Å². The minimum absolute atomic E-state index is 0.291. The van der Waals surface area contributed by atoms with Gasteiger partial charge in [-0.25, -0.2) is 0 Å². The van der Waals surface area contributed by atoms with Crippen molar-refractivity contribution in [3.05, 3.63) is 12.5 Å². The molecule has 0 unspecified atom stereocenters. The fourth-order valence-corrected chi connectivity index (χ4v) is 1.13. The largest absolute Gasteiger partial charge is 0.477 e. The summed E-state index contributed by atoms with van der Waals surface area (Å²) in [5.74, 6) is 0.340. The van der Waals surface area contributed by atoms with Crippen LogP contribution in [0, 0.1) is 0 Å². The van der Waals surface area contributed by atoms with Crippen molar-refractivity contribution in [2.75, 3.05) is 13.1 Å². The van der Waals surface area contributed by atoms with Crippen LogP contribution in [0.15, 0.2) is 12.5 Å². The molecule has 0 saturated carbocycles. The maximum atomic E-state index is 5.29. The van der Waals surface area contributed by atoms with E-state index in [2.05, 4.69) is 11.9 Å². The predicted octanol–water partition coefficient (Wildman–Crippen LogP) is 0.185. The number of rotatable bonds is 2. The number of nitrogens with one attached hydrogen (secondary N) is 1. The van der Waals surface area contributed by atoms with E-state index in [4.69, 9.17) is 10.5 Å². The molecular weight excluding hydrogens is 128 g/mol. The molecule has 0 amide bonds. The molecule has 0 radical (unpaired) electrons. The van der Waals surface area contributed by atoms with E-state index in [0.29, 0.717) is 12.0 Å². The Balaban J connectivity index is 2.19. The molecule has 0 bridgehead atoms. The summed E-state index contributed by atoms with van der Waals surface area (Å²) in [6.45, 7) is 5.54. The van der Waals surface area contributed by atoms with Gasteiger partial charge in [0.25, 0.3) is 0 Å². The summed E-state index contributed by atoms with van der Waals surface area (Å²) in [6, 6.07) is 0. The van der Waals surface area contributed by atoms with E-state index in [0.717, 1.165) is 25.9 Å². The second kappa shape index (κ2) is 3.46. The molecule has 0 aromatic heterocycles. The molecular formula is C7H14N2O. The second-order valence-corrected chi connectivity index (χ2v) is 2.53. The molecule has 1 aliphatic heterocycles. The summed E-state index contributed by atoms with van der Waals surface area (Å²) in [4.78, 5) is 0. The van der Waals surface area contributed by atoms with Crippen LogP contribution < -0.4 is 11.1 Å². The summed E-state index contributed by atoms with van der Waals surface area (Å²) < 4.78 is 5.23. The molecule has 1 saturated heterocycles. The lowest BCUT2D eigenvalue weighted by Gasteiger charge is -2.23. The Morgan fingerprint density at radius 3 is 2.60 bits per heavy atom. The SMILES string of the molecule is C=C(N)OC1CCNCC1. The summed E-state index contributed by atoms with van der Waals surface area (Å²) in [5, 5.41) is 3.24. The highest BCUT2D eigenvalue weighted by Gasteiger charge is 2.13. The second-order valence-electron chi connectivity index (χ2n) is 2.53. The van der Waals surface area contributed by atoms with E-state index in [-0.39, 0.29) is 0 Å². The van der Waals surface area contributed by atoms with Crippen molar-refractivity contribution < 1.29 is 4.74 Å². The maximum absolute atomic E-state index is 5.29. The lowest BCUT2D eigenvalue weighted by molar-refractivity contribution is 0.0875. The summed E-state index contributed by atoms with van der Waals surface area (Å²) in [7, 11) is 0. The summed E-state index contributed by atoms with van der Waals surface area (Å²) in [6.07, 6.45) is 2.37. The topological polar surface area (TPSA) is 47.3 Å². The standard InChI is InChI=1S/C7H14N2O/c1-6(8)10-7-2-4-9-5-3-7/h7,9H,1-5,8H2. The molecule has 0 aliphatic carbocycles. The van der Waals surface area contributed by atoms with Crippen LogP contribution in [-0.2, 0) is 4.74 Å². The van der Waals surface area contributed by atoms with Crippen molar-refractivity contribution in [1.82, 2.24) is 5.32 Å². The lowest BCUT2D eigenvalue weighted by Crippen LogP contribution is -2.32. The fraction of sp³-hybridized carbons (Fsp3) is 0.714. The molecule has 3 heteroatoms. The molecule has 0 aromatic carbocycles. The van der Waals surface area contributed by atoms with Gasteiger partial charge in [0.15, 0.2) is 5.88 Å². The monoisotopic (exact) mass is 142 g/mol. The van der Waals surface area contributed by atoms with Crippen molar-refractivity contribution in [1.29, 1.82) is 0 Å². The van der Waals surface area contributed by atoms with Crippen molar-refractivity contribution in [2.45, 2.75) is 18.9 Å². The molecule has 3 nitrogen and oxygen atoms in total. The van der Waals surface area contributed by atoms with Crippen LogP contribution in [0.2, 0.25) is 0 Å². The van der Waals surface area contributed by atoms with Crippen LogP contribution in [0.25, 0.3) is 0 Å². The third kappa shape index (κ3) is 2.27. The van der Waals surface area contributed by atoms with E-state index in [1.54, 1.807) is 0 Å². The molecule has 1 heterocycles. The molecule has 3 N–H and O–H groups in total. The Morgan fingerprint density at radius 2 is 2.10 bits per heavy atom. The van der Waals surface area contributed by atoms with Gasteiger partial charge in [-0.2, -0.15) is 0 Å². The average Bonchev–Trinajstić information content (AvgIpc) is 1.88. The van der Waals surface area contributed by atoms with E-state index >= 15 is 0 Å². The molecule has 0 atom stereocenters. The summed E-state index contributed by atoms with van der Waals surface area (Å²) in [5.41, 5.74) is 5.29. The van der Waals surface area contributed by atoms with Gasteiger partial charge in [-0.15, -0.1) is 0 Å². The zero-order valence-corrected chi connectivity index (χ0v) is 6.10. The Kier molecular flexibility index (Phi) is 2.57. The van der Waals surface area contributed by atoms with Crippen molar-refractivity contribution in [3.63, 3.8) is 0 Å². The number of hydrogen-bond acceptors (Lipinski definition) is 3. The summed E-state index contributed by atoms with van der Waals surface area (Å²) >= 11 is 0. The Labute approximate surface area is 61.2 Å². The lowest BCUT2D eigenvalue weighted by atomic mass is 10.1. The fourth-order valence-electron chi connectivity index (χ4n) is 1.13. The van der Waals surface area contributed by atoms with Gasteiger partial charge in [0.1, 0.15) is 6.10 Å². The first-order chi connectivity index (χ1) is 4.79. The number of piperidine rings is 1. The number of ether oxygens (including phenoxy) is 1. The molecule has 1 aliphatic rings. The minimum atomic E-state index is 0.291. The number of hydrogen-bond donors (Lipinski definition) is 2. The average molecular weight is 142 g/mol. The van der Waals surface area contributed by atoms with Crippen molar-refractivity contribution in [2.24, 2.45) is 5.73 Å². The van der Waals surface area contributed by atoms with Crippen LogP contribution in [-0.4, -0.2) is 19.2 Å². The Hall–Kier alpha value is -0.700. The first-order valence-corrected chi connectivity index (χ1v) is 3.61. The Bertz CT molecular complexity index is 119. The molecule has 1 fully saturated rings. The van der Waals surface area contributed by atoms with E-state index in [1.165, 1.54) is 0 Å². The van der Waals surface area contributed by atoms with Gasteiger partial charge in [-0.1, -0.05) is 0 Å². The van der Waals surface area contributed by atoms with Crippen LogP contribution in [0.1, 0.15) is 12.8 Å². The van der Waals surface area contributed by atoms with Crippen LogP contribution in [0.5, 0.6) is 0 Å². The zero-order valence-electron chi connectivity index (χ0n) is 6.10. The van der Waals surface area contributed by atoms with Gasteiger partial charge in [-0.3, -0.25) is 0 Å². The first-order valence-electron chi connectivity index (χ1n) is 3.61. The molecule has 58 valence electrons.